The minimum Gasteiger partial charge on any atom is -0.444 e. The van der Waals surface area contributed by atoms with Crippen LogP contribution in [0.1, 0.15) is 32.4 Å². The molecule has 10 nitrogen and oxygen atoms in total. The highest BCUT2D eigenvalue weighted by atomic mass is 16.6. The van der Waals surface area contributed by atoms with Crippen molar-refractivity contribution in [2.24, 2.45) is 0 Å². The third-order valence-electron chi connectivity index (χ3n) is 4.33. The molecule has 2 aromatic heterocycles. The smallest absolute Gasteiger partial charge is 0.411 e. The van der Waals surface area contributed by atoms with Crippen molar-refractivity contribution in [3.8, 4) is 0 Å². The molecule has 1 amide bonds. The zero-order valence-electron chi connectivity index (χ0n) is 14.6. The maximum Gasteiger partial charge on any atom is 0.411 e. The normalized spacial score (nSPS) is 26.5. The first-order valence-electron chi connectivity index (χ1n) is 8.18. The number of rotatable bonds is 2. The Kier molecular flexibility index (Phi) is 4.51. The summed E-state index contributed by atoms with van der Waals surface area (Å²) in [6, 6.07) is -2.10. The lowest BCUT2D eigenvalue weighted by molar-refractivity contribution is -0.000805. The molecule has 0 unspecified atom stereocenters. The van der Waals surface area contributed by atoms with Gasteiger partial charge in [0, 0.05) is 11.8 Å². The first-order chi connectivity index (χ1) is 12.2. The van der Waals surface area contributed by atoms with E-state index in [0.29, 0.717) is 5.56 Å². The fourth-order valence-electron chi connectivity index (χ4n) is 3.24. The molecular weight excluding hydrogens is 344 g/mol. The molecule has 1 aliphatic heterocycles. The van der Waals surface area contributed by atoms with Gasteiger partial charge in [-0.05, 0) is 20.8 Å². The van der Waals surface area contributed by atoms with Gasteiger partial charge >= 0.3 is 6.09 Å². The van der Waals surface area contributed by atoms with Crippen molar-refractivity contribution in [2.75, 3.05) is 6.61 Å². The zero-order valence-corrected chi connectivity index (χ0v) is 14.6. The van der Waals surface area contributed by atoms with Crippen LogP contribution in [-0.2, 0) is 4.74 Å². The number of amides is 1. The molecule has 4 atom stereocenters. The summed E-state index contributed by atoms with van der Waals surface area (Å²) in [6.45, 7) is 4.49. The summed E-state index contributed by atoms with van der Waals surface area (Å²) in [4.78, 5) is 35.0. The Morgan fingerprint density at radius 3 is 2.62 bits per heavy atom. The second kappa shape index (κ2) is 6.38. The number of ether oxygens (including phenoxy) is 1. The van der Waals surface area contributed by atoms with Crippen LogP contribution in [0.25, 0.3) is 11.0 Å². The predicted molar refractivity (Wildman–Crippen MR) is 90.4 cm³/mol. The van der Waals surface area contributed by atoms with E-state index < -0.39 is 48.2 Å². The van der Waals surface area contributed by atoms with Crippen molar-refractivity contribution >= 4 is 17.1 Å². The molecule has 0 saturated carbocycles. The highest BCUT2D eigenvalue weighted by Gasteiger charge is 2.52. The number of aromatic nitrogens is 3. The van der Waals surface area contributed by atoms with Crippen molar-refractivity contribution in [1.82, 2.24) is 19.9 Å². The van der Waals surface area contributed by atoms with Crippen LogP contribution >= 0.6 is 0 Å². The summed E-state index contributed by atoms with van der Waals surface area (Å²) in [5.74, 6) is 0. The molecule has 0 radical (unpaired) electrons. The van der Waals surface area contributed by atoms with Crippen molar-refractivity contribution in [1.29, 1.82) is 0 Å². The van der Waals surface area contributed by atoms with Crippen LogP contribution in [0.2, 0.25) is 0 Å². The number of aliphatic hydroxyl groups excluding tert-OH is 3. The molecule has 10 heteroatoms. The summed E-state index contributed by atoms with van der Waals surface area (Å²) >= 11 is 0. The van der Waals surface area contributed by atoms with E-state index in [-0.39, 0.29) is 11.0 Å². The van der Waals surface area contributed by atoms with Crippen molar-refractivity contribution in [3.63, 3.8) is 0 Å². The quantitative estimate of drug-likeness (QED) is 0.486. The molecular formula is C16H22N4O6. The van der Waals surface area contributed by atoms with Crippen molar-refractivity contribution in [3.05, 3.63) is 28.4 Å². The highest BCUT2D eigenvalue weighted by molar-refractivity contribution is 5.80. The molecule has 0 bridgehead atoms. The number of aliphatic hydroxyl groups is 3. The van der Waals surface area contributed by atoms with E-state index in [1.54, 1.807) is 20.8 Å². The fourth-order valence-corrected chi connectivity index (χ4v) is 3.24. The predicted octanol–water partition coefficient (Wildman–Crippen LogP) is -0.374. The molecule has 1 fully saturated rings. The van der Waals surface area contributed by atoms with Crippen LogP contribution in [0.3, 0.4) is 0 Å². The van der Waals surface area contributed by atoms with Gasteiger partial charge in [0.05, 0.1) is 25.0 Å². The van der Waals surface area contributed by atoms with Crippen LogP contribution in [0.5, 0.6) is 0 Å². The van der Waals surface area contributed by atoms with Crippen LogP contribution in [0, 0.1) is 0 Å². The number of nitrogens with one attached hydrogen (secondary N) is 2. The number of aromatic amines is 2. The lowest BCUT2D eigenvalue weighted by Gasteiger charge is -2.32. The Morgan fingerprint density at radius 2 is 2.00 bits per heavy atom. The van der Waals surface area contributed by atoms with E-state index in [1.807, 2.05) is 0 Å². The second-order valence-corrected chi connectivity index (χ2v) is 7.26. The first kappa shape index (κ1) is 18.4. The summed E-state index contributed by atoms with van der Waals surface area (Å²) in [5, 5.41) is 30.5. The maximum absolute atomic E-state index is 12.7. The van der Waals surface area contributed by atoms with Gasteiger partial charge in [-0.1, -0.05) is 0 Å². The average Bonchev–Trinajstić information content (AvgIpc) is 3.07. The third-order valence-corrected chi connectivity index (χ3v) is 4.33. The van der Waals surface area contributed by atoms with E-state index in [2.05, 4.69) is 15.0 Å². The number of carbonyl (C=O) groups is 1. The standard InChI is InChI=1S/C16H22N4O6/c1-16(2,3)26-15(25)20-8(5-21)12(22)13(23)11(20)7-4-17-10-9(7)18-6-19-14(10)24/h4,6,8,11-13,17,21-23H,5H2,1-3H3,(H,18,19,24)/t8-,11-,12-,13-/m0/s1. The van der Waals surface area contributed by atoms with E-state index in [1.165, 1.54) is 12.5 Å². The van der Waals surface area contributed by atoms with Gasteiger partial charge in [0.1, 0.15) is 28.8 Å². The Morgan fingerprint density at radius 1 is 1.31 bits per heavy atom. The van der Waals surface area contributed by atoms with Gasteiger partial charge in [0.2, 0.25) is 0 Å². The topological polar surface area (TPSA) is 152 Å². The van der Waals surface area contributed by atoms with Gasteiger partial charge in [0.25, 0.3) is 5.56 Å². The number of H-pyrrole nitrogens is 2. The van der Waals surface area contributed by atoms with E-state index in [9.17, 15) is 24.9 Å². The first-order valence-corrected chi connectivity index (χ1v) is 8.18. The van der Waals surface area contributed by atoms with Crippen LogP contribution in [-0.4, -0.2) is 71.7 Å². The molecule has 0 aromatic carbocycles. The lowest BCUT2D eigenvalue weighted by atomic mass is 10.0. The second-order valence-electron chi connectivity index (χ2n) is 7.26. The molecule has 1 aliphatic rings. The summed E-state index contributed by atoms with van der Waals surface area (Å²) in [5.41, 5.74) is -0.426. The average molecular weight is 366 g/mol. The van der Waals surface area contributed by atoms with Crippen molar-refractivity contribution < 1.29 is 24.9 Å². The van der Waals surface area contributed by atoms with Gasteiger partial charge in [-0.15, -0.1) is 0 Å². The molecule has 3 rings (SSSR count). The van der Waals surface area contributed by atoms with Gasteiger partial charge in [0.15, 0.2) is 0 Å². The minimum atomic E-state index is -1.39. The van der Waals surface area contributed by atoms with Crippen LogP contribution in [0.15, 0.2) is 17.3 Å². The fraction of sp³-hybridized carbons (Fsp3) is 0.562. The molecule has 26 heavy (non-hydrogen) atoms. The Balaban J connectivity index is 2.10. The summed E-state index contributed by atoms with van der Waals surface area (Å²) in [6.07, 6.45) is -0.910. The number of likely N-dealkylation sites (tertiary alicyclic amines) is 1. The van der Waals surface area contributed by atoms with Gasteiger partial charge in [-0.2, -0.15) is 0 Å². The Labute approximate surface area is 148 Å². The molecule has 5 N–H and O–H groups in total. The lowest BCUT2D eigenvalue weighted by Crippen LogP contribution is -2.45. The maximum atomic E-state index is 12.7. The number of hydrogen-bond acceptors (Lipinski definition) is 7. The molecule has 142 valence electrons. The molecule has 0 spiro atoms. The summed E-state index contributed by atoms with van der Waals surface area (Å²) < 4.78 is 5.37. The largest absolute Gasteiger partial charge is 0.444 e. The van der Waals surface area contributed by atoms with E-state index in [4.69, 9.17) is 4.74 Å². The Hall–Kier alpha value is -2.43. The third kappa shape index (κ3) is 2.96. The number of nitrogens with zero attached hydrogens (tertiary/aromatic N) is 2. The molecule has 1 saturated heterocycles. The van der Waals surface area contributed by atoms with Crippen LogP contribution in [0.4, 0.5) is 4.79 Å². The zero-order chi connectivity index (χ0) is 19.2. The summed E-state index contributed by atoms with van der Waals surface area (Å²) in [7, 11) is 0. The van der Waals surface area contributed by atoms with E-state index >= 15 is 0 Å². The molecule has 2 aromatic rings. The Bertz CT molecular complexity index is 869. The highest BCUT2D eigenvalue weighted by Crippen LogP contribution is 2.39. The van der Waals surface area contributed by atoms with Crippen molar-refractivity contribution in [2.45, 2.75) is 50.7 Å². The molecule has 3 heterocycles. The van der Waals surface area contributed by atoms with Crippen LogP contribution < -0.4 is 5.56 Å². The van der Waals surface area contributed by atoms with Gasteiger partial charge < -0.3 is 30.0 Å². The van der Waals surface area contributed by atoms with Gasteiger partial charge in [-0.3, -0.25) is 9.69 Å². The number of hydrogen-bond donors (Lipinski definition) is 5. The number of carbonyl (C=O) groups excluding carboxylic acids is 1. The molecule has 0 aliphatic carbocycles. The minimum absolute atomic E-state index is 0.181. The monoisotopic (exact) mass is 366 g/mol. The number of fused-ring (bicyclic) bond motifs is 1. The SMILES string of the molecule is CC(C)(C)OC(=O)N1[C@@H](CO)[C@H](O)[C@@H](O)[C@@H]1c1c[nH]c2c(=O)[nH]cnc12. The van der Waals surface area contributed by atoms with Gasteiger partial charge in [-0.25, -0.2) is 9.78 Å². The van der Waals surface area contributed by atoms with E-state index in [0.717, 1.165) is 4.90 Å².